The summed E-state index contributed by atoms with van der Waals surface area (Å²) in [4.78, 5) is 49.2. The van der Waals surface area contributed by atoms with Crippen molar-refractivity contribution >= 4 is 24.1 Å². The first-order valence-corrected chi connectivity index (χ1v) is 25.7. The fourth-order valence-corrected chi connectivity index (χ4v) is 7.16. The largest absolute Gasteiger partial charge is 0.462 e. The van der Waals surface area contributed by atoms with E-state index in [0.717, 1.165) is 38.5 Å². The number of ether oxygens (including phenoxy) is 7. The van der Waals surface area contributed by atoms with E-state index in [0.29, 0.717) is 39.4 Å². The molecule has 0 aliphatic rings. The van der Waals surface area contributed by atoms with Crippen molar-refractivity contribution in [2.75, 3.05) is 73.1 Å². The molecule has 0 aromatic rings. The average Bonchev–Trinajstić information content (AvgIpc) is 3.27. The lowest BCUT2D eigenvalue weighted by Gasteiger charge is -2.18. The molecule has 0 heterocycles. The topological polar surface area (TPSA) is 157 Å². The number of amides is 2. The number of carbonyl (C=O) groups is 4. The summed E-state index contributed by atoms with van der Waals surface area (Å²) in [5.41, 5.74) is 0. The Bertz CT molecular complexity index is 1020. The number of methoxy groups -OCH3 is 1. The number of nitrogens with one attached hydrogen (secondary N) is 2. The third kappa shape index (κ3) is 50.4. The molecular weight excluding hydrogens is 817 g/mol. The molecule has 0 bridgehead atoms. The van der Waals surface area contributed by atoms with Crippen LogP contribution >= 0.6 is 0 Å². The van der Waals surface area contributed by atoms with Gasteiger partial charge >= 0.3 is 24.1 Å². The Morgan fingerprint density at radius 1 is 0.391 bits per heavy atom. The van der Waals surface area contributed by atoms with Crippen molar-refractivity contribution in [3.8, 4) is 0 Å². The number of rotatable bonds is 49. The summed E-state index contributed by atoms with van der Waals surface area (Å²) in [5, 5.41) is 5.18. The molecule has 0 radical (unpaired) electrons. The SMILES string of the molecule is C.CCCCCCCCCCCCCCCCCC(=O)OCC(COC(=O)NCCOCCOCCNC(=O)OCCOC)OC(=O)CCCCCCCCCCCCCCCCC. The van der Waals surface area contributed by atoms with Crippen LogP contribution in [0.15, 0.2) is 0 Å². The molecule has 2 N–H and O–H groups in total. The van der Waals surface area contributed by atoms with Gasteiger partial charge < -0.3 is 43.8 Å². The Hall–Kier alpha value is -2.64. The predicted molar refractivity (Wildman–Crippen MR) is 259 cm³/mol. The van der Waals surface area contributed by atoms with Crippen molar-refractivity contribution in [2.24, 2.45) is 0 Å². The fraction of sp³-hybridized carbons (Fsp3) is 0.922. The van der Waals surface area contributed by atoms with E-state index < -0.39 is 18.3 Å². The van der Waals surface area contributed by atoms with Crippen molar-refractivity contribution in [3.63, 3.8) is 0 Å². The monoisotopic (exact) mass is 917 g/mol. The van der Waals surface area contributed by atoms with Gasteiger partial charge in [0.05, 0.1) is 33.0 Å². The van der Waals surface area contributed by atoms with Gasteiger partial charge in [-0.15, -0.1) is 0 Å². The summed E-state index contributed by atoms with van der Waals surface area (Å²) in [5.74, 6) is -0.721. The minimum absolute atomic E-state index is 0. The predicted octanol–water partition coefficient (Wildman–Crippen LogP) is 12.7. The number of esters is 2. The highest BCUT2D eigenvalue weighted by atomic mass is 16.6. The van der Waals surface area contributed by atoms with Crippen molar-refractivity contribution < 1.29 is 52.3 Å². The molecule has 1 atom stereocenters. The van der Waals surface area contributed by atoms with Crippen LogP contribution in [0.3, 0.4) is 0 Å². The molecule has 0 fully saturated rings. The van der Waals surface area contributed by atoms with E-state index in [-0.39, 0.29) is 58.8 Å². The number of carbonyl (C=O) groups excluding carboxylic acids is 4. The number of alkyl carbamates (subject to hydrolysis) is 2. The lowest BCUT2D eigenvalue weighted by atomic mass is 10.0. The van der Waals surface area contributed by atoms with Crippen molar-refractivity contribution in [1.82, 2.24) is 10.6 Å². The Balaban J connectivity index is 0. The van der Waals surface area contributed by atoms with Gasteiger partial charge in [0.1, 0.15) is 19.8 Å². The molecule has 0 saturated heterocycles. The van der Waals surface area contributed by atoms with Gasteiger partial charge in [0, 0.05) is 33.0 Å². The number of hydrogen-bond acceptors (Lipinski definition) is 11. The summed E-state index contributed by atoms with van der Waals surface area (Å²) < 4.78 is 37.0. The number of hydrogen-bond donors (Lipinski definition) is 2. The second-order valence-corrected chi connectivity index (χ2v) is 17.0. The van der Waals surface area contributed by atoms with Gasteiger partial charge in [0.2, 0.25) is 0 Å². The van der Waals surface area contributed by atoms with E-state index in [1.807, 2.05) is 0 Å². The normalized spacial score (nSPS) is 11.4. The first-order chi connectivity index (χ1) is 30.9. The molecule has 0 rings (SSSR count). The summed E-state index contributed by atoms with van der Waals surface area (Å²) >= 11 is 0. The molecule has 2 amide bonds. The molecule has 13 heteroatoms. The summed E-state index contributed by atoms with van der Waals surface area (Å²) in [7, 11) is 1.53. The zero-order valence-corrected chi connectivity index (χ0v) is 40.8. The Morgan fingerprint density at radius 2 is 0.734 bits per heavy atom. The second-order valence-electron chi connectivity index (χ2n) is 17.0. The highest BCUT2D eigenvalue weighted by Gasteiger charge is 2.19. The maximum atomic E-state index is 12.8. The van der Waals surface area contributed by atoms with Gasteiger partial charge in [-0.05, 0) is 12.8 Å². The number of unbranched alkanes of at least 4 members (excludes halogenated alkanes) is 28. The van der Waals surface area contributed by atoms with Crippen LogP contribution in [0.1, 0.15) is 227 Å². The van der Waals surface area contributed by atoms with Gasteiger partial charge in [-0.2, -0.15) is 0 Å². The molecule has 0 spiro atoms. The molecule has 0 aliphatic carbocycles. The molecular formula is C51H100N2O11. The first kappa shape index (κ1) is 63.4. The van der Waals surface area contributed by atoms with Crippen LogP contribution < -0.4 is 10.6 Å². The highest BCUT2D eigenvalue weighted by molar-refractivity contribution is 5.70. The van der Waals surface area contributed by atoms with Gasteiger partial charge in [-0.1, -0.05) is 201 Å². The molecule has 0 saturated carbocycles. The maximum absolute atomic E-state index is 12.8. The fourth-order valence-electron chi connectivity index (χ4n) is 7.16. The minimum atomic E-state index is -0.889. The summed E-state index contributed by atoms with van der Waals surface area (Å²) in [6.07, 6.45) is 36.0. The molecule has 0 aromatic carbocycles. The quantitative estimate of drug-likeness (QED) is 0.0340. The first-order valence-electron chi connectivity index (χ1n) is 25.7. The van der Waals surface area contributed by atoms with E-state index in [1.54, 1.807) is 0 Å². The van der Waals surface area contributed by atoms with E-state index in [2.05, 4.69) is 24.5 Å². The van der Waals surface area contributed by atoms with E-state index in [4.69, 9.17) is 33.2 Å². The van der Waals surface area contributed by atoms with Crippen LogP contribution in [0, 0.1) is 0 Å². The summed E-state index contributed by atoms with van der Waals surface area (Å²) in [6.45, 7) is 6.29. The Morgan fingerprint density at radius 3 is 1.12 bits per heavy atom. The third-order valence-corrected chi connectivity index (χ3v) is 11.0. The van der Waals surface area contributed by atoms with Crippen LogP contribution in [0.25, 0.3) is 0 Å². The summed E-state index contributed by atoms with van der Waals surface area (Å²) in [6, 6.07) is 0. The maximum Gasteiger partial charge on any atom is 0.407 e. The van der Waals surface area contributed by atoms with Crippen LogP contribution in [0.5, 0.6) is 0 Å². The highest BCUT2D eigenvalue weighted by Crippen LogP contribution is 2.16. The Labute approximate surface area is 392 Å². The molecule has 0 aliphatic heterocycles. The smallest absolute Gasteiger partial charge is 0.407 e. The van der Waals surface area contributed by atoms with E-state index >= 15 is 0 Å². The van der Waals surface area contributed by atoms with Crippen LogP contribution in [-0.4, -0.2) is 103 Å². The Kier molecular flexibility index (Phi) is 52.5. The lowest BCUT2D eigenvalue weighted by Crippen LogP contribution is -2.34. The van der Waals surface area contributed by atoms with E-state index in [9.17, 15) is 19.2 Å². The van der Waals surface area contributed by atoms with Crippen molar-refractivity contribution in [3.05, 3.63) is 0 Å². The third-order valence-electron chi connectivity index (χ3n) is 11.0. The minimum Gasteiger partial charge on any atom is -0.462 e. The molecule has 64 heavy (non-hydrogen) atoms. The standard InChI is InChI=1S/C50H96N2O11.CH4/c1-4-6-8-10-12-14-16-18-20-22-24-26-28-30-32-34-47(53)61-44-46(63-48(54)35-33-31-29-27-25-23-21-19-17-15-13-11-9-7-5-2)45-62-50(56)52-37-39-59-42-41-58-38-36-51-49(55)60-43-40-57-3;/h46H,4-45H2,1-3H3,(H,51,55)(H,52,56);1H4. The average molecular weight is 917 g/mol. The van der Waals surface area contributed by atoms with Gasteiger partial charge in [-0.3, -0.25) is 9.59 Å². The van der Waals surface area contributed by atoms with Crippen LogP contribution in [0.2, 0.25) is 0 Å². The second kappa shape index (κ2) is 53.0. The van der Waals surface area contributed by atoms with Crippen LogP contribution in [0.4, 0.5) is 9.59 Å². The zero-order valence-electron chi connectivity index (χ0n) is 40.8. The molecule has 0 aromatic heterocycles. The van der Waals surface area contributed by atoms with Gasteiger partial charge in [0.25, 0.3) is 0 Å². The van der Waals surface area contributed by atoms with E-state index in [1.165, 1.54) is 161 Å². The van der Waals surface area contributed by atoms with Crippen molar-refractivity contribution in [1.29, 1.82) is 0 Å². The lowest BCUT2D eigenvalue weighted by molar-refractivity contribution is -0.161. The van der Waals surface area contributed by atoms with Crippen molar-refractivity contribution in [2.45, 2.75) is 233 Å². The van der Waals surface area contributed by atoms with Crippen LogP contribution in [-0.2, 0) is 42.7 Å². The van der Waals surface area contributed by atoms with Gasteiger partial charge in [-0.25, -0.2) is 9.59 Å². The molecule has 13 nitrogen and oxygen atoms in total. The molecule has 1 unspecified atom stereocenters. The van der Waals surface area contributed by atoms with Gasteiger partial charge in [0.15, 0.2) is 6.10 Å². The zero-order chi connectivity index (χ0) is 45.9. The molecule has 380 valence electrons.